The first-order valence-electron chi connectivity index (χ1n) is 0.167. The summed E-state index contributed by atoms with van der Waals surface area (Å²) in [7, 11) is 0. The average Bonchev–Trinajstić information content (AvgIpc) is 1.00. The zero-order chi connectivity index (χ0) is 2.00. The molecule has 0 amide bonds. The molecule has 0 aliphatic carbocycles. The Labute approximate surface area is 159 Å². The van der Waals surface area contributed by atoms with Crippen molar-refractivity contribution in [2.75, 3.05) is 0 Å². The second-order valence-electron chi connectivity index (χ2n) is 0. The van der Waals surface area contributed by atoms with Gasteiger partial charge in [0, 0.05) is 27.0 Å². The minimum absolute atomic E-state index is 0. The molecular formula is H9BiCaCuO2PbSr. The fourth-order valence-corrected chi connectivity index (χ4v) is 0. The molecule has 45 valence electrons. The SMILES string of the molecule is O=O.[BiH3].[CaH2].[Cu].[PbH2].[SrH2]. The molecule has 0 bridgehead atoms. The molecule has 0 saturated heterocycles. The molecule has 0 aromatic heterocycles. The second kappa shape index (κ2) is 45.8. The van der Waals surface area contributed by atoms with Gasteiger partial charge in [0.1, 0.15) is 0 Å². The molecule has 0 rings (SSSR count). The van der Waals surface area contributed by atoms with Gasteiger partial charge in [-0.25, -0.2) is 0 Å². The quantitative estimate of drug-likeness (QED) is 0.253. The van der Waals surface area contributed by atoms with E-state index in [0.29, 0.717) is 0 Å². The third kappa shape index (κ3) is 36.8. The maximum atomic E-state index is 7.00. The summed E-state index contributed by atoms with van der Waals surface area (Å²) < 4.78 is 0. The normalized spacial score (nSPS) is 0.571. The van der Waals surface area contributed by atoms with E-state index in [1.165, 1.54) is 0 Å². The summed E-state index contributed by atoms with van der Waals surface area (Å²) in [5.41, 5.74) is 0. The van der Waals surface area contributed by atoms with Gasteiger partial charge >= 0.3 is 137 Å². The molecule has 0 unspecified atom stereocenters. The average molecular weight is 648 g/mol. The van der Waals surface area contributed by atoms with Gasteiger partial charge in [-0.3, -0.25) is 0 Å². The van der Waals surface area contributed by atoms with E-state index in [4.69, 9.17) is 9.93 Å². The topological polar surface area (TPSA) is 34.1 Å². The first-order valence-corrected chi connectivity index (χ1v) is 0.167. The monoisotopic (exact) mass is 649 g/mol. The van der Waals surface area contributed by atoms with Crippen LogP contribution < -0.4 is 0 Å². The van der Waals surface area contributed by atoms with Crippen molar-refractivity contribution in [3.8, 4) is 0 Å². The van der Waals surface area contributed by atoms with Gasteiger partial charge in [0.25, 0.3) is 0 Å². The van der Waals surface area contributed by atoms with Crippen LogP contribution in [0.15, 0.2) is 0 Å². The van der Waals surface area contributed by atoms with Gasteiger partial charge in [-0.2, -0.15) is 0 Å². The molecule has 2 nitrogen and oxygen atoms in total. The van der Waals surface area contributed by atoms with Crippen LogP contribution in [0.5, 0.6) is 0 Å². The van der Waals surface area contributed by atoms with Crippen molar-refractivity contribution in [3.63, 3.8) is 0 Å². The van der Waals surface area contributed by atoms with Crippen LogP contribution in [0.1, 0.15) is 0 Å². The Morgan fingerprint density at radius 1 is 1.00 bits per heavy atom. The van der Waals surface area contributed by atoms with Gasteiger partial charge in [0.2, 0.25) is 0 Å². The predicted octanol–water partition coefficient (Wildman–Crippen LogP) is -3.87. The number of rotatable bonds is 0. The molecule has 0 heterocycles. The Balaban J connectivity index is -0.000000000500. The summed E-state index contributed by atoms with van der Waals surface area (Å²) in [6, 6.07) is 0. The molecule has 7 heavy (non-hydrogen) atoms. The van der Waals surface area contributed by atoms with Crippen LogP contribution in [0.3, 0.4) is 0 Å². The third-order valence-electron chi connectivity index (χ3n) is 0. The number of hydrogen-bond donors (Lipinski definition) is 0. The van der Waals surface area contributed by atoms with E-state index in [0.717, 1.165) is 0 Å². The molecular weight excluding hydrogens is 639 g/mol. The molecule has 0 atom stereocenters. The summed E-state index contributed by atoms with van der Waals surface area (Å²) in [6.45, 7) is 0. The van der Waals surface area contributed by atoms with Crippen molar-refractivity contribution in [1.29, 1.82) is 0 Å². The van der Waals surface area contributed by atoms with Gasteiger partial charge in [0.05, 0.1) is 0 Å². The van der Waals surface area contributed by atoms with E-state index < -0.39 is 0 Å². The second-order valence-corrected chi connectivity index (χ2v) is 0. The molecule has 0 aromatic carbocycles. The molecule has 0 aromatic rings. The van der Waals surface area contributed by atoms with E-state index in [9.17, 15) is 0 Å². The van der Waals surface area contributed by atoms with Crippen LogP contribution in [-0.4, -0.2) is 137 Å². The van der Waals surface area contributed by atoms with Crippen LogP contribution in [0.25, 0.3) is 0 Å². The van der Waals surface area contributed by atoms with Gasteiger partial charge in [-0.1, -0.05) is 0 Å². The Hall–Kier alpha value is 4.66. The molecule has 0 saturated carbocycles. The van der Waals surface area contributed by atoms with Crippen molar-refractivity contribution in [3.05, 3.63) is 9.93 Å². The van der Waals surface area contributed by atoms with E-state index in [1.54, 1.807) is 0 Å². The van der Waals surface area contributed by atoms with Crippen molar-refractivity contribution >= 4 is 137 Å². The zero-order valence-corrected chi connectivity index (χ0v) is 14.5. The summed E-state index contributed by atoms with van der Waals surface area (Å²) in [4.78, 5) is 14.0. The van der Waals surface area contributed by atoms with Crippen molar-refractivity contribution in [1.82, 2.24) is 0 Å². The molecule has 0 fully saturated rings. The summed E-state index contributed by atoms with van der Waals surface area (Å²) in [5, 5.41) is 0. The van der Waals surface area contributed by atoms with Crippen molar-refractivity contribution < 1.29 is 17.1 Å². The summed E-state index contributed by atoms with van der Waals surface area (Å²) in [5.74, 6) is 0. The van der Waals surface area contributed by atoms with Crippen LogP contribution in [0.2, 0.25) is 0 Å². The Morgan fingerprint density at radius 3 is 1.00 bits per heavy atom. The zero-order valence-electron chi connectivity index (χ0n) is 2.53. The van der Waals surface area contributed by atoms with E-state index >= 15 is 0 Å². The van der Waals surface area contributed by atoms with Crippen LogP contribution in [0, 0.1) is 9.93 Å². The Morgan fingerprint density at radius 2 is 1.00 bits per heavy atom. The molecule has 0 aliphatic rings. The van der Waals surface area contributed by atoms with Crippen molar-refractivity contribution in [2.24, 2.45) is 0 Å². The van der Waals surface area contributed by atoms with E-state index in [2.05, 4.69) is 0 Å². The first-order chi connectivity index (χ1) is 1.00. The number of hydrogen-bond acceptors (Lipinski definition) is 2. The first kappa shape index (κ1) is 41.3. The summed E-state index contributed by atoms with van der Waals surface area (Å²) >= 11 is 0. The Bertz CT molecular complexity index is 17.7. The van der Waals surface area contributed by atoms with E-state index in [-0.39, 0.29) is 154 Å². The van der Waals surface area contributed by atoms with Gasteiger partial charge in [-0.15, -0.1) is 0 Å². The fraction of sp³-hybridized carbons (Fsp3) is 0. The molecule has 7 heteroatoms. The maximum absolute atomic E-state index is 7.00. The van der Waals surface area contributed by atoms with Crippen LogP contribution >= 0.6 is 0 Å². The predicted molar refractivity (Wildman–Crippen MR) is 42.3 cm³/mol. The van der Waals surface area contributed by atoms with Crippen molar-refractivity contribution in [2.45, 2.75) is 0 Å². The molecule has 3 radical (unpaired) electrons. The van der Waals surface area contributed by atoms with E-state index in [1.807, 2.05) is 0 Å². The molecule has 0 spiro atoms. The van der Waals surface area contributed by atoms with Gasteiger partial charge < -0.3 is 0 Å². The van der Waals surface area contributed by atoms with Crippen LogP contribution in [-0.2, 0) is 17.1 Å². The third-order valence-corrected chi connectivity index (χ3v) is 0. The van der Waals surface area contributed by atoms with Gasteiger partial charge in [0.15, 0.2) is 0 Å². The molecule has 0 aliphatic heterocycles. The minimum atomic E-state index is 0. The summed E-state index contributed by atoms with van der Waals surface area (Å²) in [6.07, 6.45) is 0. The Kier molecular flexibility index (Phi) is 270. The standard InChI is InChI=1S/Bi.Ca.Cu.O2.Pb.Sr.9H/c;;;1-2;;;;;;;;;;;. The molecule has 0 N–H and O–H groups in total. The van der Waals surface area contributed by atoms with Gasteiger partial charge in [-0.05, 0) is 0 Å². The fourth-order valence-electron chi connectivity index (χ4n) is 0. The van der Waals surface area contributed by atoms with Crippen LogP contribution in [0.4, 0.5) is 0 Å².